The van der Waals surface area contributed by atoms with Crippen molar-refractivity contribution in [3.63, 3.8) is 0 Å². The number of hydrogen-bond donors (Lipinski definition) is 1. The molecule has 0 aliphatic carbocycles. The third-order valence-corrected chi connectivity index (χ3v) is 3.53. The Morgan fingerprint density at radius 1 is 1.41 bits per heavy atom. The maximum Gasteiger partial charge on any atom is 0.127 e. The molecule has 1 saturated heterocycles. The van der Waals surface area contributed by atoms with Gasteiger partial charge in [0.2, 0.25) is 0 Å². The molecule has 1 N–H and O–H groups in total. The van der Waals surface area contributed by atoms with Crippen molar-refractivity contribution in [2.45, 2.75) is 25.4 Å². The van der Waals surface area contributed by atoms with Gasteiger partial charge in [-0.3, -0.25) is 4.90 Å². The summed E-state index contributed by atoms with van der Waals surface area (Å²) in [4.78, 5) is 2.33. The molecular weight excluding hydrogens is 239 g/mol. The molecule has 0 aromatic heterocycles. The average molecular weight is 259 g/mol. The first-order valence-corrected chi connectivity index (χ1v) is 5.88. The third-order valence-electron chi connectivity index (χ3n) is 3.53. The number of hydrogen-bond acceptors (Lipinski definition) is 2. The van der Waals surface area contributed by atoms with E-state index in [9.17, 15) is 4.39 Å². The van der Waals surface area contributed by atoms with Gasteiger partial charge >= 0.3 is 0 Å². The minimum atomic E-state index is -0.0945. The number of likely N-dealkylation sites (N-methyl/N-ethyl adjacent to an activating group) is 1. The minimum Gasteiger partial charge on any atom is -0.316 e. The molecule has 2 atom stereocenters. The molecule has 0 radical (unpaired) electrons. The van der Waals surface area contributed by atoms with E-state index in [1.165, 1.54) is 6.07 Å². The van der Waals surface area contributed by atoms with Crippen LogP contribution in [0, 0.1) is 5.82 Å². The quantitative estimate of drug-likeness (QED) is 0.897. The smallest absolute Gasteiger partial charge is 0.127 e. The lowest BCUT2D eigenvalue weighted by Gasteiger charge is -2.25. The Hall–Kier alpha value is -0.640. The summed E-state index contributed by atoms with van der Waals surface area (Å²) >= 11 is 0. The average Bonchev–Trinajstić information content (AvgIpc) is 2.77. The Morgan fingerprint density at radius 3 is 2.71 bits per heavy atom. The number of rotatable bonds is 3. The lowest BCUT2D eigenvalue weighted by molar-refractivity contribution is 0.252. The maximum atomic E-state index is 13.6. The summed E-state index contributed by atoms with van der Waals surface area (Å²) in [5, 5.41) is 3.28. The molecule has 96 valence electrons. The summed E-state index contributed by atoms with van der Waals surface area (Å²) in [7, 11) is 1.99. The first-order valence-electron chi connectivity index (χ1n) is 5.88. The predicted molar refractivity (Wildman–Crippen MR) is 71.1 cm³/mol. The zero-order valence-electron chi connectivity index (χ0n) is 10.3. The van der Waals surface area contributed by atoms with Crippen molar-refractivity contribution >= 4 is 12.4 Å². The molecule has 1 aromatic carbocycles. The molecule has 1 heterocycles. The van der Waals surface area contributed by atoms with E-state index in [1.807, 2.05) is 19.2 Å². The van der Waals surface area contributed by atoms with E-state index in [-0.39, 0.29) is 24.3 Å². The first kappa shape index (κ1) is 14.4. The summed E-state index contributed by atoms with van der Waals surface area (Å²) in [6, 6.07) is 7.78. The van der Waals surface area contributed by atoms with Gasteiger partial charge in [0.05, 0.1) is 0 Å². The predicted octanol–water partition coefficient (Wildman–Crippen LogP) is 2.60. The standard InChI is InChI=1S/C13H19FN2.ClH/c1-10(12-5-3-4-6-13(12)14)16-8-7-11(9-16)15-2;/h3-6,10-11,15H,7-9H2,1-2H3;1H. The van der Waals surface area contributed by atoms with Crippen LogP contribution in [0.2, 0.25) is 0 Å². The van der Waals surface area contributed by atoms with Crippen molar-refractivity contribution in [2.75, 3.05) is 20.1 Å². The second-order valence-electron chi connectivity index (χ2n) is 4.47. The molecule has 1 aliphatic heterocycles. The number of nitrogens with one attached hydrogen (secondary N) is 1. The van der Waals surface area contributed by atoms with Crippen LogP contribution in [0.4, 0.5) is 4.39 Å². The summed E-state index contributed by atoms with van der Waals surface area (Å²) in [6.07, 6.45) is 1.15. The number of nitrogens with zero attached hydrogens (tertiary/aromatic N) is 1. The van der Waals surface area contributed by atoms with Crippen LogP contribution in [0.3, 0.4) is 0 Å². The lowest BCUT2D eigenvalue weighted by Crippen LogP contribution is -2.31. The Morgan fingerprint density at radius 2 is 2.12 bits per heavy atom. The van der Waals surface area contributed by atoms with Crippen LogP contribution < -0.4 is 5.32 Å². The molecule has 0 saturated carbocycles. The van der Waals surface area contributed by atoms with Gasteiger partial charge in [-0.05, 0) is 26.5 Å². The molecule has 0 bridgehead atoms. The summed E-state index contributed by atoms with van der Waals surface area (Å²) in [5.74, 6) is -0.0945. The molecule has 1 aromatic rings. The highest BCUT2D eigenvalue weighted by Gasteiger charge is 2.26. The zero-order chi connectivity index (χ0) is 11.5. The van der Waals surface area contributed by atoms with Gasteiger partial charge in [-0.1, -0.05) is 18.2 Å². The van der Waals surface area contributed by atoms with Gasteiger partial charge in [0.25, 0.3) is 0 Å². The van der Waals surface area contributed by atoms with Crippen LogP contribution in [0.5, 0.6) is 0 Å². The largest absolute Gasteiger partial charge is 0.316 e. The normalized spacial score (nSPS) is 22.2. The minimum absolute atomic E-state index is 0. The van der Waals surface area contributed by atoms with Crippen LogP contribution in [0.25, 0.3) is 0 Å². The van der Waals surface area contributed by atoms with Crippen molar-refractivity contribution in [3.8, 4) is 0 Å². The highest BCUT2D eigenvalue weighted by molar-refractivity contribution is 5.85. The summed E-state index contributed by atoms with van der Waals surface area (Å²) < 4.78 is 13.6. The molecule has 2 nitrogen and oxygen atoms in total. The molecule has 17 heavy (non-hydrogen) atoms. The molecule has 2 unspecified atom stereocenters. The van der Waals surface area contributed by atoms with E-state index in [4.69, 9.17) is 0 Å². The third kappa shape index (κ3) is 3.18. The Labute approximate surface area is 109 Å². The van der Waals surface area contributed by atoms with Gasteiger partial charge in [0, 0.05) is 30.7 Å². The fraction of sp³-hybridized carbons (Fsp3) is 0.538. The lowest BCUT2D eigenvalue weighted by atomic mass is 10.1. The maximum absolute atomic E-state index is 13.6. The Balaban J connectivity index is 0.00000144. The van der Waals surface area contributed by atoms with Crippen LogP contribution in [-0.2, 0) is 0 Å². The molecular formula is C13H20ClFN2. The Kier molecular flexibility index (Phi) is 5.37. The fourth-order valence-corrected chi connectivity index (χ4v) is 2.39. The van der Waals surface area contributed by atoms with Crippen molar-refractivity contribution in [1.29, 1.82) is 0 Å². The van der Waals surface area contributed by atoms with Gasteiger partial charge in [-0.2, -0.15) is 0 Å². The topological polar surface area (TPSA) is 15.3 Å². The van der Waals surface area contributed by atoms with Crippen molar-refractivity contribution < 1.29 is 4.39 Å². The number of likely N-dealkylation sites (tertiary alicyclic amines) is 1. The molecule has 1 fully saturated rings. The highest BCUT2D eigenvalue weighted by Crippen LogP contribution is 2.26. The number of benzene rings is 1. The second kappa shape index (κ2) is 6.34. The SMILES string of the molecule is CNC1CCN(C(C)c2ccccc2F)C1.Cl. The molecule has 4 heteroatoms. The highest BCUT2D eigenvalue weighted by atomic mass is 35.5. The van der Waals surface area contributed by atoms with Gasteiger partial charge < -0.3 is 5.32 Å². The fourth-order valence-electron chi connectivity index (χ4n) is 2.39. The van der Waals surface area contributed by atoms with Gasteiger partial charge in [0.1, 0.15) is 5.82 Å². The van der Waals surface area contributed by atoms with E-state index in [1.54, 1.807) is 6.07 Å². The monoisotopic (exact) mass is 258 g/mol. The first-order chi connectivity index (χ1) is 7.72. The van der Waals surface area contributed by atoms with Crippen LogP contribution in [0.15, 0.2) is 24.3 Å². The number of halogens is 2. The summed E-state index contributed by atoms with van der Waals surface area (Å²) in [6.45, 7) is 4.13. The van der Waals surface area contributed by atoms with Crippen molar-refractivity contribution in [1.82, 2.24) is 10.2 Å². The van der Waals surface area contributed by atoms with E-state index >= 15 is 0 Å². The van der Waals surface area contributed by atoms with E-state index in [0.29, 0.717) is 6.04 Å². The van der Waals surface area contributed by atoms with Crippen LogP contribution in [0.1, 0.15) is 24.9 Å². The summed E-state index contributed by atoms with van der Waals surface area (Å²) in [5.41, 5.74) is 0.805. The van der Waals surface area contributed by atoms with Crippen LogP contribution >= 0.6 is 12.4 Å². The van der Waals surface area contributed by atoms with Gasteiger partial charge in [-0.15, -0.1) is 12.4 Å². The molecule has 0 amide bonds. The Bertz CT molecular complexity index is 359. The molecule has 0 spiro atoms. The van der Waals surface area contributed by atoms with E-state index < -0.39 is 0 Å². The van der Waals surface area contributed by atoms with Crippen LogP contribution in [-0.4, -0.2) is 31.1 Å². The van der Waals surface area contributed by atoms with Crippen molar-refractivity contribution in [3.05, 3.63) is 35.6 Å². The van der Waals surface area contributed by atoms with Gasteiger partial charge in [-0.25, -0.2) is 4.39 Å². The van der Waals surface area contributed by atoms with E-state index in [0.717, 1.165) is 25.1 Å². The van der Waals surface area contributed by atoms with Gasteiger partial charge in [0.15, 0.2) is 0 Å². The van der Waals surface area contributed by atoms with E-state index in [2.05, 4.69) is 17.1 Å². The second-order valence-corrected chi connectivity index (χ2v) is 4.47. The zero-order valence-corrected chi connectivity index (χ0v) is 11.1. The molecule has 2 rings (SSSR count). The van der Waals surface area contributed by atoms with Crippen molar-refractivity contribution in [2.24, 2.45) is 0 Å². The molecule has 1 aliphatic rings.